The maximum Gasteiger partial charge on any atom is 0.101 e. The van der Waals surface area contributed by atoms with E-state index in [1.165, 1.54) is 43.5 Å². The van der Waals surface area contributed by atoms with Crippen LogP contribution in [0.5, 0.6) is 0 Å². The Morgan fingerprint density at radius 2 is 1.65 bits per heavy atom. The molecule has 0 unspecified atom stereocenters. The maximum atomic E-state index is 6.22. The van der Waals surface area contributed by atoms with Crippen molar-refractivity contribution in [1.29, 1.82) is 0 Å². The van der Waals surface area contributed by atoms with Crippen molar-refractivity contribution in [2.45, 2.75) is 58.8 Å². The fourth-order valence-electron chi connectivity index (χ4n) is 3.41. The van der Waals surface area contributed by atoms with Crippen molar-refractivity contribution in [1.82, 2.24) is 4.90 Å². The first kappa shape index (κ1) is 25.2. The topological polar surface area (TPSA) is 41.6 Å². The van der Waals surface area contributed by atoms with Crippen LogP contribution in [0.25, 0.3) is 0 Å². The van der Waals surface area contributed by atoms with Gasteiger partial charge in [-0.2, -0.15) is 0 Å². The summed E-state index contributed by atoms with van der Waals surface area (Å²) >= 11 is 0. The quantitative estimate of drug-likeness (QED) is 0.375. The van der Waals surface area contributed by atoms with Crippen LogP contribution in [-0.4, -0.2) is 36.9 Å². The third-order valence-corrected chi connectivity index (χ3v) is 4.94. The first-order valence-electron chi connectivity index (χ1n) is 9.67. The van der Waals surface area contributed by atoms with Gasteiger partial charge in [0.25, 0.3) is 0 Å². The molecule has 1 heterocycles. The average molecular weight is 402 g/mol. The Balaban J connectivity index is 0.00000312. The smallest absolute Gasteiger partial charge is 0.101 e. The number of amidine groups is 1. The lowest BCUT2D eigenvalue weighted by atomic mass is 9.96. The first-order chi connectivity index (χ1) is 11.6. The van der Waals surface area contributed by atoms with E-state index in [1.54, 1.807) is 0 Å². The van der Waals surface area contributed by atoms with E-state index in [1.807, 2.05) is 0 Å². The molecule has 1 aromatic carbocycles. The van der Waals surface area contributed by atoms with E-state index in [0.29, 0.717) is 5.92 Å². The fourth-order valence-corrected chi connectivity index (χ4v) is 3.41. The molecule has 26 heavy (non-hydrogen) atoms. The minimum atomic E-state index is 0. The maximum absolute atomic E-state index is 6.22. The van der Waals surface area contributed by atoms with E-state index in [0.717, 1.165) is 31.8 Å². The zero-order valence-electron chi connectivity index (χ0n) is 16.6. The fraction of sp³-hybridized carbons (Fsp3) is 0.667. The van der Waals surface area contributed by atoms with Crippen LogP contribution in [0.15, 0.2) is 29.3 Å². The molecule has 0 saturated carbocycles. The zero-order chi connectivity index (χ0) is 17.4. The number of piperidine rings is 1. The third kappa shape index (κ3) is 8.75. The molecule has 1 atom stereocenters. The molecular formula is C21H37Cl2N3. The SMILES string of the molecule is CC(C)Cc1ccc([C@H](C)C(N)=NCCCN2CCCCC2)cc1.Cl.Cl. The summed E-state index contributed by atoms with van der Waals surface area (Å²) in [6, 6.07) is 8.88. The summed E-state index contributed by atoms with van der Waals surface area (Å²) in [6.45, 7) is 11.2. The summed E-state index contributed by atoms with van der Waals surface area (Å²) in [7, 11) is 0. The number of likely N-dealkylation sites (tertiary alicyclic amines) is 1. The molecule has 0 bridgehead atoms. The van der Waals surface area contributed by atoms with Gasteiger partial charge in [-0.1, -0.05) is 51.5 Å². The van der Waals surface area contributed by atoms with Crippen LogP contribution in [0.4, 0.5) is 0 Å². The lowest BCUT2D eigenvalue weighted by Gasteiger charge is -2.26. The predicted molar refractivity (Wildman–Crippen MR) is 119 cm³/mol. The molecule has 1 saturated heterocycles. The number of benzene rings is 1. The van der Waals surface area contributed by atoms with Gasteiger partial charge in [0.15, 0.2) is 0 Å². The standard InChI is InChI=1S/C21H35N3.2ClH/c1-17(2)16-19-8-10-20(11-9-19)18(3)21(22)23-12-7-15-24-13-5-4-6-14-24;;/h8-11,17-18H,4-7,12-16H2,1-3H3,(H2,22,23);2*1H/t18-;;/m0../s1. The molecule has 3 nitrogen and oxygen atoms in total. The molecule has 0 aromatic heterocycles. The summed E-state index contributed by atoms with van der Waals surface area (Å²) in [5.74, 6) is 1.66. The number of rotatable bonds is 8. The summed E-state index contributed by atoms with van der Waals surface area (Å²) < 4.78 is 0. The number of hydrogen-bond acceptors (Lipinski definition) is 2. The van der Waals surface area contributed by atoms with Gasteiger partial charge < -0.3 is 10.6 Å². The summed E-state index contributed by atoms with van der Waals surface area (Å²) in [5, 5.41) is 0. The summed E-state index contributed by atoms with van der Waals surface area (Å²) in [4.78, 5) is 7.19. The van der Waals surface area contributed by atoms with E-state index in [-0.39, 0.29) is 30.7 Å². The number of nitrogens with two attached hydrogens (primary N) is 1. The molecule has 1 aromatic rings. The molecule has 0 radical (unpaired) electrons. The Bertz CT molecular complexity index is 508. The Morgan fingerprint density at radius 1 is 1.04 bits per heavy atom. The largest absolute Gasteiger partial charge is 0.387 e. The number of aliphatic imine (C=N–C) groups is 1. The molecular weight excluding hydrogens is 365 g/mol. The van der Waals surface area contributed by atoms with Crippen molar-refractivity contribution in [2.24, 2.45) is 16.6 Å². The van der Waals surface area contributed by atoms with Gasteiger partial charge in [-0.3, -0.25) is 4.99 Å². The highest BCUT2D eigenvalue weighted by Crippen LogP contribution is 2.18. The molecule has 1 fully saturated rings. The Morgan fingerprint density at radius 3 is 2.23 bits per heavy atom. The number of hydrogen-bond donors (Lipinski definition) is 1. The van der Waals surface area contributed by atoms with Crippen LogP contribution in [0, 0.1) is 5.92 Å². The molecule has 1 aliphatic heterocycles. The van der Waals surface area contributed by atoms with Crippen molar-refractivity contribution in [2.75, 3.05) is 26.2 Å². The Hall–Kier alpha value is -0.770. The monoisotopic (exact) mass is 401 g/mol. The molecule has 150 valence electrons. The molecule has 2 N–H and O–H groups in total. The van der Waals surface area contributed by atoms with E-state index in [2.05, 4.69) is 54.9 Å². The zero-order valence-corrected chi connectivity index (χ0v) is 18.2. The van der Waals surface area contributed by atoms with Gasteiger partial charge in [-0.05, 0) is 62.4 Å². The highest BCUT2D eigenvalue weighted by Gasteiger charge is 2.11. The second-order valence-corrected chi connectivity index (χ2v) is 7.62. The van der Waals surface area contributed by atoms with Crippen LogP contribution < -0.4 is 5.73 Å². The third-order valence-electron chi connectivity index (χ3n) is 4.94. The van der Waals surface area contributed by atoms with Crippen molar-refractivity contribution in [3.8, 4) is 0 Å². The highest BCUT2D eigenvalue weighted by molar-refractivity contribution is 5.87. The molecule has 0 amide bonds. The van der Waals surface area contributed by atoms with Gasteiger partial charge in [-0.25, -0.2) is 0 Å². The van der Waals surface area contributed by atoms with Gasteiger partial charge in [0, 0.05) is 12.5 Å². The molecule has 5 heteroatoms. The van der Waals surface area contributed by atoms with Crippen molar-refractivity contribution < 1.29 is 0 Å². The van der Waals surface area contributed by atoms with Crippen LogP contribution in [0.1, 0.15) is 63.5 Å². The van der Waals surface area contributed by atoms with Gasteiger partial charge in [0.05, 0.1) is 0 Å². The Labute approximate surface area is 172 Å². The van der Waals surface area contributed by atoms with Crippen LogP contribution in [0.2, 0.25) is 0 Å². The second kappa shape index (κ2) is 13.4. The van der Waals surface area contributed by atoms with E-state index in [4.69, 9.17) is 5.73 Å². The van der Waals surface area contributed by atoms with Gasteiger partial charge >= 0.3 is 0 Å². The van der Waals surface area contributed by atoms with Gasteiger partial charge in [0.2, 0.25) is 0 Å². The first-order valence-corrected chi connectivity index (χ1v) is 9.67. The lowest BCUT2D eigenvalue weighted by molar-refractivity contribution is 0.228. The van der Waals surface area contributed by atoms with Crippen molar-refractivity contribution >= 4 is 30.6 Å². The predicted octanol–water partition coefficient (Wildman–Crippen LogP) is 5.07. The van der Waals surface area contributed by atoms with Gasteiger partial charge in [-0.15, -0.1) is 24.8 Å². The van der Waals surface area contributed by atoms with E-state index >= 15 is 0 Å². The second-order valence-electron chi connectivity index (χ2n) is 7.62. The summed E-state index contributed by atoms with van der Waals surface area (Å²) in [6.07, 6.45) is 6.36. The molecule has 1 aliphatic rings. The average Bonchev–Trinajstić information content (AvgIpc) is 2.59. The number of nitrogens with zero attached hydrogens (tertiary/aromatic N) is 2. The normalized spacial score (nSPS) is 16.7. The van der Waals surface area contributed by atoms with Crippen molar-refractivity contribution in [3.63, 3.8) is 0 Å². The molecule has 0 aliphatic carbocycles. The summed E-state index contributed by atoms with van der Waals surface area (Å²) in [5.41, 5.74) is 8.89. The van der Waals surface area contributed by atoms with E-state index < -0.39 is 0 Å². The molecule has 0 spiro atoms. The minimum absolute atomic E-state index is 0. The molecule has 2 rings (SSSR count). The van der Waals surface area contributed by atoms with E-state index in [9.17, 15) is 0 Å². The van der Waals surface area contributed by atoms with Crippen LogP contribution in [-0.2, 0) is 6.42 Å². The minimum Gasteiger partial charge on any atom is -0.387 e. The Kier molecular flexibility index (Phi) is 13.0. The van der Waals surface area contributed by atoms with Crippen LogP contribution in [0.3, 0.4) is 0 Å². The lowest BCUT2D eigenvalue weighted by Crippen LogP contribution is -2.31. The number of halogens is 2. The highest BCUT2D eigenvalue weighted by atomic mass is 35.5. The van der Waals surface area contributed by atoms with Crippen LogP contribution >= 0.6 is 24.8 Å². The van der Waals surface area contributed by atoms with Gasteiger partial charge in [0.1, 0.15) is 5.84 Å². The van der Waals surface area contributed by atoms with Crippen molar-refractivity contribution in [3.05, 3.63) is 35.4 Å².